The zero-order valence-corrected chi connectivity index (χ0v) is 14.3. The molecule has 1 aliphatic heterocycles. The molecule has 2 fully saturated rings. The van der Waals surface area contributed by atoms with E-state index in [0.717, 1.165) is 12.5 Å². The summed E-state index contributed by atoms with van der Waals surface area (Å²) in [6.45, 7) is 14.8. The zero-order valence-electron chi connectivity index (χ0n) is 14.3. The molecule has 1 heterocycles. The summed E-state index contributed by atoms with van der Waals surface area (Å²) in [5.41, 5.74) is 0.756. The van der Waals surface area contributed by atoms with Crippen LogP contribution in [0.4, 0.5) is 0 Å². The topological polar surface area (TPSA) is 29.5 Å². The van der Waals surface area contributed by atoms with Crippen LogP contribution in [0.3, 0.4) is 0 Å². The Labute approximate surface area is 125 Å². The molecule has 1 saturated heterocycles. The van der Waals surface area contributed by atoms with Crippen molar-refractivity contribution in [2.45, 2.75) is 73.5 Å². The van der Waals surface area contributed by atoms with Gasteiger partial charge in [-0.2, -0.15) is 0 Å². The van der Waals surface area contributed by atoms with Crippen molar-refractivity contribution in [3.63, 3.8) is 0 Å². The molecular formula is C18H34O2. The quantitative estimate of drug-likeness (QED) is 0.824. The van der Waals surface area contributed by atoms with Gasteiger partial charge in [0.05, 0.1) is 6.61 Å². The standard InChI is InChI=1S/C18H34O2/c1-7-18(5,6)10-13-8-12(9-17(2,3)4)14-11-20-16(19)15(13)14/h12-16,19H,7-11H2,1-6H3. The predicted molar refractivity (Wildman–Crippen MR) is 83.3 cm³/mol. The van der Waals surface area contributed by atoms with Crippen LogP contribution in [0.1, 0.15) is 67.2 Å². The SMILES string of the molecule is CCC(C)(C)CC1CC(CC(C)(C)C)C2COC(O)C12. The van der Waals surface area contributed by atoms with Crippen molar-refractivity contribution in [3.05, 3.63) is 0 Å². The minimum absolute atomic E-state index is 0.373. The van der Waals surface area contributed by atoms with E-state index in [2.05, 4.69) is 41.5 Å². The Hall–Kier alpha value is -0.0800. The summed E-state index contributed by atoms with van der Waals surface area (Å²) in [6, 6.07) is 0. The van der Waals surface area contributed by atoms with E-state index in [1.165, 1.54) is 25.7 Å². The van der Waals surface area contributed by atoms with Gasteiger partial charge in [0.1, 0.15) is 0 Å². The van der Waals surface area contributed by atoms with E-state index < -0.39 is 6.29 Å². The van der Waals surface area contributed by atoms with Crippen molar-refractivity contribution < 1.29 is 9.84 Å². The van der Waals surface area contributed by atoms with E-state index in [9.17, 15) is 5.11 Å². The monoisotopic (exact) mass is 282 g/mol. The van der Waals surface area contributed by atoms with E-state index in [1.807, 2.05) is 0 Å². The number of aliphatic hydroxyl groups is 1. The first-order valence-corrected chi connectivity index (χ1v) is 8.42. The van der Waals surface area contributed by atoms with Crippen molar-refractivity contribution in [2.24, 2.45) is 34.5 Å². The Morgan fingerprint density at radius 2 is 1.70 bits per heavy atom. The molecule has 1 N–H and O–H groups in total. The van der Waals surface area contributed by atoms with Crippen LogP contribution in [0.15, 0.2) is 0 Å². The first-order chi connectivity index (χ1) is 9.13. The lowest BCUT2D eigenvalue weighted by atomic mass is 9.76. The highest BCUT2D eigenvalue weighted by atomic mass is 16.6. The molecule has 20 heavy (non-hydrogen) atoms. The summed E-state index contributed by atoms with van der Waals surface area (Å²) in [5.74, 6) is 2.34. The lowest BCUT2D eigenvalue weighted by molar-refractivity contribution is -0.0953. The molecule has 5 unspecified atom stereocenters. The molecule has 1 aliphatic carbocycles. The summed E-state index contributed by atoms with van der Waals surface area (Å²) < 4.78 is 5.60. The van der Waals surface area contributed by atoms with Gasteiger partial charge in [0.2, 0.25) is 0 Å². The van der Waals surface area contributed by atoms with Crippen LogP contribution < -0.4 is 0 Å². The molecule has 0 aromatic carbocycles. The number of fused-ring (bicyclic) bond motifs is 1. The molecule has 2 aliphatic rings. The molecule has 0 aromatic rings. The summed E-state index contributed by atoms with van der Waals surface area (Å²) in [6.07, 6.45) is 4.47. The fourth-order valence-electron chi connectivity index (χ4n) is 4.49. The first-order valence-electron chi connectivity index (χ1n) is 8.42. The number of rotatable bonds is 4. The van der Waals surface area contributed by atoms with Crippen molar-refractivity contribution in [2.75, 3.05) is 6.61 Å². The van der Waals surface area contributed by atoms with Gasteiger partial charge in [-0.05, 0) is 47.8 Å². The maximum Gasteiger partial charge on any atom is 0.157 e. The second kappa shape index (κ2) is 5.61. The van der Waals surface area contributed by atoms with Crippen molar-refractivity contribution in [1.29, 1.82) is 0 Å². The van der Waals surface area contributed by atoms with E-state index >= 15 is 0 Å². The summed E-state index contributed by atoms with van der Waals surface area (Å²) in [7, 11) is 0. The third-order valence-corrected chi connectivity index (χ3v) is 5.68. The third-order valence-electron chi connectivity index (χ3n) is 5.68. The average molecular weight is 282 g/mol. The molecule has 0 spiro atoms. The number of hydrogen-bond acceptors (Lipinski definition) is 2. The maximum atomic E-state index is 10.2. The molecule has 2 nitrogen and oxygen atoms in total. The molecule has 118 valence electrons. The molecule has 0 amide bonds. The summed E-state index contributed by atoms with van der Waals surface area (Å²) >= 11 is 0. The molecular weight excluding hydrogens is 248 g/mol. The van der Waals surface area contributed by atoms with Gasteiger partial charge in [0, 0.05) is 5.92 Å². The van der Waals surface area contributed by atoms with E-state index in [4.69, 9.17) is 4.74 Å². The molecule has 2 rings (SSSR count). The fraction of sp³-hybridized carbons (Fsp3) is 1.00. The number of ether oxygens (including phenoxy) is 1. The second-order valence-electron chi connectivity index (χ2n) is 9.21. The van der Waals surface area contributed by atoms with Crippen molar-refractivity contribution in [3.8, 4) is 0 Å². The highest BCUT2D eigenvalue weighted by Crippen LogP contribution is 2.54. The van der Waals surface area contributed by atoms with Gasteiger partial charge in [-0.1, -0.05) is 48.0 Å². The molecule has 1 saturated carbocycles. The van der Waals surface area contributed by atoms with Crippen LogP contribution in [-0.2, 0) is 4.74 Å². The summed E-state index contributed by atoms with van der Waals surface area (Å²) in [5, 5.41) is 10.2. The predicted octanol–water partition coefficient (Wildman–Crippen LogP) is 4.47. The minimum atomic E-state index is -0.511. The molecule has 5 atom stereocenters. The van der Waals surface area contributed by atoms with Gasteiger partial charge in [-0.3, -0.25) is 0 Å². The van der Waals surface area contributed by atoms with E-state index in [1.54, 1.807) is 0 Å². The maximum absolute atomic E-state index is 10.2. The lowest BCUT2D eigenvalue weighted by Gasteiger charge is -2.30. The highest BCUT2D eigenvalue weighted by Gasteiger charge is 2.52. The number of aliphatic hydroxyl groups excluding tert-OH is 1. The van der Waals surface area contributed by atoms with Crippen LogP contribution in [0, 0.1) is 34.5 Å². The van der Waals surface area contributed by atoms with Gasteiger partial charge >= 0.3 is 0 Å². The Bertz CT molecular complexity index is 329. The Morgan fingerprint density at radius 3 is 2.25 bits per heavy atom. The van der Waals surface area contributed by atoms with E-state index in [0.29, 0.717) is 28.6 Å². The van der Waals surface area contributed by atoms with Crippen LogP contribution in [0.5, 0.6) is 0 Å². The average Bonchev–Trinajstić information content (AvgIpc) is 2.80. The highest BCUT2D eigenvalue weighted by molar-refractivity contribution is 4.97. The van der Waals surface area contributed by atoms with Crippen LogP contribution in [0.2, 0.25) is 0 Å². The Balaban J connectivity index is 2.10. The largest absolute Gasteiger partial charge is 0.368 e. The van der Waals surface area contributed by atoms with Crippen LogP contribution in [-0.4, -0.2) is 18.0 Å². The Kier molecular flexibility index (Phi) is 4.57. The molecule has 0 aromatic heterocycles. The first kappa shape index (κ1) is 16.3. The van der Waals surface area contributed by atoms with E-state index in [-0.39, 0.29) is 0 Å². The fourth-order valence-corrected chi connectivity index (χ4v) is 4.49. The Morgan fingerprint density at radius 1 is 1.05 bits per heavy atom. The molecule has 2 heteroatoms. The third kappa shape index (κ3) is 3.57. The van der Waals surface area contributed by atoms with Crippen molar-refractivity contribution >= 4 is 0 Å². The van der Waals surface area contributed by atoms with Crippen LogP contribution in [0.25, 0.3) is 0 Å². The minimum Gasteiger partial charge on any atom is -0.368 e. The smallest absolute Gasteiger partial charge is 0.157 e. The van der Waals surface area contributed by atoms with Crippen LogP contribution >= 0.6 is 0 Å². The zero-order chi connectivity index (χ0) is 15.1. The van der Waals surface area contributed by atoms with Gasteiger partial charge in [0.15, 0.2) is 6.29 Å². The molecule has 0 bridgehead atoms. The van der Waals surface area contributed by atoms with Gasteiger partial charge in [-0.25, -0.2) is 0 Å². The summed E-state index contributed by atoms with van der Waals surface area (Å²) in [4.78, 5) is 0. The van der Waals surface area contributed by atoms with Gasteiger partial charge in [-0.15, -0.1) is 0 Å². The number of hydrogen-bond donors (Lipinski definition) is 1. The second-order valence-corrected chi connectivity index (χ2v) is 9.21. The lowest BCUT2D eigenvalue weighted by Crippen LogP contribution is -2.27. The van der Waals surface area contributed by atoms with Gasteiger partial charge in [0.25, 0.3) is 0 Å². The van der Waals surface area contributed by atoms with Crippen molar-refractivity contribution in [1.82, 2.24) is 0 Å². The normalized spacial score (nSPS) is 38.2. The molecule has 0 radical (unpaired) electrons. The van der Waals surface area contributed by atoms with Gasteiger partial charge < -0.3 is 9.84 Å².